The molecule has 2 saturated carbocycles. The number of hydrogen-bond donors (Lipinski definition) is 2. The van der Waals surface area contributed by atoms with Crippen molar-refractivity contribution in [3.05, 3.63) is 35.2 Å². The Morgan fingerprint density at radius 2 is 1.90 bits per heavy atom. The van der Waals surface area contributed by atoms with Crippen molar-refractivity contribution in [2.75, 3.05) is 18.1 Å². The number of fused-ring (bicyclic) bond motifs is 2. The maximum absolute atomic E-state index is 13.5. The Bertz CT molecular complexity index is 1490. The molecule has 2 aliphatic heterocycles. The average molecular weight is 606 g/mol. The van der Waals surface area contributed by atoms with Gasteiger partial charge in [-0.2, -0.15) is 13.2 Å². The molecule has 3 aromatic rings. The van der Waals surface area contributed by atoms with Gasteiger partial charge < -0.3 is 19.0 Å². The molecule has 2 N–H and O–H groups in total. The third-order valence-corrected chi connectivity index (χ3v) is 9.23. The molecule has 0 spiro atoms. The summed E-state index contributed by atoms with van der Waals surface area (Å²) in [5.74, 6) is -0.438. The van der Waals surface area contributed by atoms with Crippen molar-refractivity contribution in [3.63, 3.8) is 0 Å². The smallest absolute Gasteiger partial charge is 0.374 e. The predicted molar refractivity (Wildman–Crippen MR) is 147 cm³/mol. The molecular weight excluding hydrogens is 575 g/mol. The van der Waals surface area contributed by atoms with Crippen molar-refractivity contribution in [1.82, 2.24) is 30.3 Å². The first-order chi connectivity index (χ1) is 20.2. The molecular formula is C28H31ClF3N7O3. The van der Waals surface area contributed by atoms with Gasteiger partial charge in [-0.25, -0.2) is 14.8 Å². The average Bonchev–Trinajstić information content (AvgIpc) is 3.71. The van der Waals surface area contributed by atoms with Crippen LogP contribution in [0.5, 0.6) is 0 Å². The number of pyridine rings is 2. The standard InChI is InChI=1S/C28H31ClF3N7O3/c29-18-10-16(12-33-13-18)23-24-19(11-20(34-23)25-36-27(40)42-37-25)35-26(38-8-9-41-22-3-1-2-21(22)38)39(24)14-15-4-6-17(7-5-15)28(30,31)32/h10-13,15,17,21-22,25,37H,1-9,14H2,(H,36,40)/t15?,17?,21-,22-,25?/m1/s1. The fourth-order valence-electron chi connectivity index (χ4n) is 6.97. The van der Waals surface area contributed by atoms with Gasteiger partial charge in [0.15, 0.2) is 6.17 Å². The van der Waals surface area contributed by atoms with E-state index in [9.17, 15) is 18.0 Å². The number of morpholine rings is 1. The highest BCUT2D eigenvalue weighted by atomic mass is 35.5. The number of aromatic nitrogens is 4. The lowest BCUT2D eigenvalue weighted by Crippen LogP contribution is -2.49. The summed E-state index contributed by atoms with van der Waals surface area (Å²) in [4.78, 5) is 33.4. The molecule has 3 atom stereocenters. The molecule has 4 aliphatic rings. The lowest BCUT2D eigenvalue weighted by molar-refractivity contribution is -0.184. The molecule has 1 unspecified atom stereocenters. The van der Waals surface area contributed by atoms with E-state index in [1.165, 1.54) is 6.20 Å². The Morgan fingerprint density at radius 3 is 2.64 bits per heavy atom. The van der Waals surface area contributed by atoms with Gasteiger partial charge in [0.2, 0.25) is 5.95 Å². The van der Waals surface area contributed by atoms with E-state index >= 15 is 0 Å². The second-order valence-electron chi connectivity index (χ2n) is 11.6. The van der Waals surface area contributed by atoms with E-state index < -0.39 is 24.4 Å². The van der Waals surface area contributed by atoms with Crippen LogP contribution in [0.2, 0.25) is 5.02 Å². The zero-order valence-electron chi connectivity index (χ0n) is 22.7. The predicted octanol–water partition coefficient (Wildman–Crippen LogP) is 5.52. The normalized spacial score (nSPS) is 28.1. The molecule has 2 aliphatic carbocycles. The van der Waals surface area contributed by atoms with Gasteiger partial charge in [-0.3, -0.25) is 10.3 Å². The van der Waals surface area contributed by atoms with Crippen molar-refractivity contribution in [2.24, 2.45) is 11.8 Å². The minimum absolute atomic E-state index is 0.0503. The van der Waals surface area contributed by atoms with E-state index in [4.69, 9.17) is 31.1 Å². The van der Waals surface area contributed by atoms with Crippen molar-refractivity contribution >= 4 is 34.7 Å². The van der Waals surface area contributed by atoms with E-state index in [0.717, 1.165) is 30.7 Å². The number of halogens is 4. The molecule has 42 heavy (non-hydrogen) atoms. The van der Waals surface area contributed by atoms with E-state index in [2.05, 4.69) is 25.2 Å². The van der Waals surface area contributed by atoms with Gasteiger partial charge in [0.25, 0.3) is 0 Å². The highest BCUT2D eigenvalue weighted by Gasteiger charge is 2.42. The monoisotopic (exact) mass is 605 g/mol. The topological polar surface area (TPSA) is 106 Å². The van der Waals surface area contributed by atoms with Crippen LogP contribution < -0.4 is 15.7 Å². The molecule has 10 nitrogen and oxygen atoms in total. The Labute approximate surface area is 244 Å². The lowest BCUT2D eigenvalue weighted by Gasteiger charge is -2.39. The number of nitrogens with one attached hydrogen (secondary N) is 2. The zero-order valence-corrected chi connectivity index (χ0v) is 23.5. The molecule has 5 heterocycles. The number of carbonyl (C=O) groups excluding carboxylic acids is 1. The fourth-order valence-corrected chi connectivity index (χ4v) is 7.15. The number of carbonyl (C=O) groups is 1. The Morgan fingerprint density at radius 1 is 1.07 bits per heavy atom. The second-order valence-corrected chi connectivity index (χ2v) is 12.1. The number of ether oxygens (including phenoxy) is 1. The molecule has 2 saturated heterocycles. The number of hydroxylamine groups is 1. The van der Waals surface area contributed by atoms with Crippen LogP contribution in [0.1, 0.15) is 56.8 Å². The first-order valence-corrected chi connectivity index (χ1v) is 14.8. The van der Waals surface area contributed by atoms with Crippen LogP contribution >= 0.6 is 11.6 Å². The van der Waals surface area contributed by atoms with Gasteiger partial charge in [0, 0.05) is 31.0 Å². The third-order valence-electron chi connectivity index (χ3n) is 9.02. The maximum atomic E-state index is 13.5. The minimum atomic E-state index is -4.16. The summed E-state index contributed by atoms with van der Waals surface area (Å²) in [6.45, 7) is 1.74. The van der Waals surface area contributed by atoms with Crippen LogP contribution in [-0.2, 0) is 16.1 Å². The van der Waals surface area contributed by atoms with Crippen LogP contribution in [0.3, 0.4) is 0 Å². The first-order valence-electron chi connectivity index (χ1n) is 14.4. The number of imidazole rings is 1. The van der Waals surface area contributed by atoms with E-state index in [-0.39, 0.29) is 30.9 Å². The van der Waals surface area contributed by atoms with Crippen LogP contribution in [0, 0.1) is 11.8 Å². The SMILES string of the molecule is O=C1NC(c2cc3nc(N4CCO[C@@H]5CCC[C@H]54)n(CC4CCC(C(F)(F)F)CC4)c3c(-c3cncc(Cl)c3)n2)NO1. The minimum Gasteiger partial charge on any atom is -0.374 e. The molecule has 4 fully saturated rings. The van der Waals surface area contributed by atoms with Gasteiger partial charge in [0.05, 0.1) is 52.1 Å². The third kappa shape index (κ3) is 5.15. The highest BCUT2D eigenvalue weighted by Crippen LogP contribution is 2.42. The maximum Gasteiger partial charge on any atom is 0.427 e. The number of alkyl halides is 3. The van der Waals surface area contributed by atoms with Crippen molar-refractivity contribution in [2.45, 2.75) is 76.0 Å². The number of hydrogen-bond acceptors (Lipinski definition) is 8. The summed E-state index contributed by atoms with van der Waals surface area (Å²) in [6.07, 6.45) is 2.09. The summed E-state index contributed by atoms with van der Waals surface area (Å²) in [6, 6.07) is 3.75. The summed E-state index contributed by atoms with van der Waals surface area (Å²) in [5, 5.41) is 3.12. The van der Waals surface area contributed by atoms with Crippen molar-refractivity contribution < 1.29 is 27.5 Å². The van der Waals surface area contributed by atoms with Gasteiger partial charge in [-0.05, 0) is 63.0 Å². The molecule has 0 aromatic carbocycles. The fraction of sp³-hybridized carbons (Fsp3) is 0.571. The number of nitrogens with zero attached hydrogens (tertiary/aromatic N) is 5. The van der Waals surface area contributed by atoms with Gasteiger partial charge in [-0.1, -0.05) is 11.6 Å². The molecule has 0 radical (unpaired) electrons. The molecule has 224 valence electrons. The van der Waals surface area contributed by atoms with E-state index in [1.54, 1.807) is 12.3 Å². The van der Waals surface area contributed by atoms with Crippen molar-refractivity contribution in [3.8, 4) is 11.3 Å². The largest absolute Gasteiger partial charge is 0.427 e. The summed E-state index contributed by atoms with van der Waals surface area (Å²) in [7, 11) is 0. The molecule has 1 amide bonds. The van der Waals surface area contributed by atoms with Crippen LogP contribution in [0.4, 0.5) is 23.9 Å². The lowest BCUT2D eigenvalue weighted by atomic mass is 9.81. The van der Waals surface area contributed by atoms with Gasteiger partial charge in [0.1, 0.15) is 0 Å². The van der Waals surface area contributed by atoms with Crippen LogP contribution in [0.25, 0.3) is 22.3 Å². The van der Waals surface area contributed by atoms with Crippen LogP contribution in [-0.4, -0.2) is 57.1 Å². The van der Waals surface area contributed by atoms with Gasteiger partial charge in [-0.15, -0.1) is 5.48 Å². The molecule has 7 rings (SSSR count). The van der Waals surface area contributed by atoms with Gasteiger partial charge >= 0.3 is 12.3 Å². The Balaban J connectivity index is 1.36. The quantitative estimate of drug-likeness (QED) is 0.392. The summed E-state index contributed by atoms with van der Waals surface area (Å²) in [5.41, 5.74) is 5.78. The molecule has 0 bridgehead atoms. The van der Waals surface area contributed by atoms with E-state index in [0.29, 0.717) is 60.0 Å². The summed E-state index contributed by atoms with van der Waals surface area (Å²) < 4.78 is 48.6. The second kappa shape index (κ2) is 10.8. The van der Waals surface area contributed by atoms with Crippen molar-refractivity contribution in [1.29, 1.82) is 0 Å². The Kier molecular flexibility index (Phi) is 7.14. The van der Waals surface area contributed by atoms with E-state index in [1.807, 2.05) is 6.07 Å². The summed E-state index contributed by atoms with van der Waals surface area (Å²) >= 11 is 6.35. The Hall–Kier alpha value is -3.16. The number of rotatable bonds is 5. The highest BCUT2D eigenvalue weighted by molar-refractivity contribution is 6.30. The number of amides is 1. The zero-order chi connectivity index (χ0) is 29.0. The number of anilines is 1. The molecule has 3 aromatic heterocycles. The first kappa shape index (κ1) is 27.7. The van der Waals surface area contributed by atoms with Crippen LogP contribution in [0.15, 0.2) is 24.5 Å². The molecule has 14 heteroatoms.